The van der Waals surface area contributed by atoms with E-state index in [0.717, 1.165) is 31.8 Å². The molecule has 2 heteroatoms. The zero-order chi connectivity index (χ0) is 13.2. The fourth-order valence-corrected chi connectivity index (χ4v) is 3.73. The van der Waals surface area contributed by atoms with Crippen LogP contribution in [0.15, 0.2) is 0 Å². The highest BCUT2D eigenvalue weighted by Gasteiger charge is 2.34. The van der Waals surface area contributed by atoms with Gasteiger partial charge >= 0.3 is 0 Å². The van der Waals surface area contributed by atoms with Crippen LogP contribution in [-0.4, -0.2) is 30.3 Å². The van der Waals surface area contributed by atoms with Gasteiger partial charge in [0.25, 0.3) is 0 Å². The van der Waals surface area contributed by atoms with E-state index in [1.54, 1.807) is 0 Å². The molecule has 1 atom stereocenters. The van der Waals surface area contributed by atoms with E-state index in [2.05, 4.69) is 25.8 Å². The molecule has 2 saturated carbocycles. The second-order valence-corrected chi connectivity index (χ2v) is 7.26. The number of hydrogen-bond acceptors (Lipinski definition) is 2. The zero-order valence-electron chi connectivity index (χ0n) is 12.4. The van der Waals surface area contributed by atoms with Gasteiger partial charge in [-0.3, -0.25) is 4.79 Å². The first-order chi connectivity index (χ1) is 8.48. The summed E-state index contributed by atoms with van der Waals surface area (Å²) in [5.74, 6) is 0.803. The highest BCUT2D eigenvalue weighted by Crippen LogP contribution is 2.37. The molecular weight excluding hydrogens is 222 g/mol. The molecule has 0 bridgehead atoms. The minimum absolute atomic E-state index is 0.292. The fourth-order valence-electron chi connectivity index (χ4n) is 3.73. The maximum atomic E-state index is 12.1. The van der Waals surface area contributed by atoms with Crippen molar-refractivity contribution in [3.63, 3.8) is 0 Å². The van der Waals surface area contributed by atoms with Crippen LogP contribution in [0.25, 0.3) is 0 Å². The molecule has 2 fully saturated rings. The zero-order valence-corrected chi connectivity index (χ0v) is 12.4. The van der Waals surface area contributed by atoms with E-state index in [9.17, 15) is 4.79 Å². The molecule has 0 aromatic heterocycles. The summed E-state index contributed by atoms with van der Waals surface area (Å²) in [7, 11) is 2.23. The first kappa shape index (κ1) is 14.0. The molecule has 104 valence electrons. The van der Waals surface area contributed by atoms with Crippen LogP contribution in [0.5, 0.6) is 0 Å². The molecule has 0 amide bonds. The standard InChI is InChI=1S/C16H29NO/c1-16(2)10-9-15(18)13(11-16)12-17(3)14-7-5-4-6-8-14/h13-14H,4-12H2,1-3H3. The predicted octanol–water partition coefficient (Wildman–Crippen LogP) is 3.65. The Morgan fingerprint density at radius 3 is 2.56 bits per heavy atom. The summed E-state index contributed by atoms with van der Waals surface area (Å²) < 4.78 is 0. The molecule has 2 rings (SSSR count). The molecule has 0 heterocycles. The van der Waals surface area contributed by atoms with Crippen molar-refractivity contribution in [3.8, 4) is 0 Å². The molecule has 0 spiro atoms. The Kier molecular flexibility index (Phi) is 4.47. The average molecular weight is 251 g/mol. The topological polar surface area (TPSA) is 20.3 Å². The lowest BCUT2D eigenvalue weighted by atomic mass is 9.71. The molecular formula is C16H29NO. The molecule has 0 aromatic rings. The Bertz CT molecular complexity index is 291. The van der Waals surface area contributed by atoms with Crippen molar-refractivity contribution in [1.29, 1.82) is 0 Å². The summed E-state index contributed by atoms with van der Waals surface area (Å²) in [5, 5.41) is 0. The van der Waals surface area contributed by atoms with Crippen LogP contribution < -0.4 is 0 Å². The third-order valence-corrected chi connectivity index (χ3v) is 5.01. The maximum absolute atomic E-state index is 12.1. The van der Waals surface area contributed by atoms with Gasteiger partial charge in [-0.1, -0.05) is 33.1 Å². The summed E-state index contributed by atoms with van der Waals surface area (Å²) in [6, 6.07) is 0.733. The summed E-state index contributed by atoms with van der Waals surface area (Å²) in [6.45, 7) is 5.62. The van der Waals surface area contributed by atoms with Gasteiger partial charge in [0, 0.05) is 24.9 Å². The smallest absolute Gasteiger partial charge is 0.137 e. The van der Waals surface area contributed by atoms with E-state index < -0.39 is 0 Å². The summed E-state index contributed by atoms with van der Waals surface area (Å²) >= 11 is 0. The number of nitrogens with zero attached hydrogens (tertiary/aromatic N) is 1. The number of carbonyl (C=O) groups is 1. The molecule has 0 aliphatic heterocycles. The lowest BCUT2D eigenvalue weighted by Gasteiger charge is -2.38. The molecule has 2 aliphatic carbocycles. The van der Waals surface area contributed by atoms with Gasteiger partial charge in [-0.15, -0.1) is 0 Å². The fraction of sp³-hybridized carbons (Fsp3) is 0.938. The Hall–Kier alpha value is -0.370. The van der Waals surface area contributed by atoms with Crippen LogP contribution in [0.3, 0.4) is 0 Å². The van der Waals surface area contributed by atoms with Gasteiger partial charge in [-0.05, 0) is 38.1 Å². The SMILES string of the molecule is CN(CC1CC(C)(C)CCC1=O)C1CCCCC1. The minimum atomic E-state index is 0.292. The van der Waals surface area contributed by atoms with E-state index in [1.165, 1.54) is 32.1 Å². The Balaban J connectivity index is 1.88. The molecule has 0 N–H and O–H groups in total. The number of ketones is 1. The summed E-state index contributed by atoms with van der Waals surface area (Å²) in [5.41, 5.74) is 0.367. The second-order valence-electron chi connectivity index (χ2n) is 7.26. The van der Waals surface area contributed by atoms with Crippen molar-refractivity contribution < 1.29 is 4.79 Å². The van der Waals surface area contributed by atoms with Crippen molar-refractivity contribution in [2.45, 2.75) is 71.3 Å². The Morgan fingerprint density at radius 1 is 1.22 bits per heavy atom. The van der Waals surface area contributed by atoms with E-state index in [1.807, 2.05) is 0 Å². The van der Waals surface area contributed by atoms with Gasteiger partial charge in [-0.2, -0.15) is 0 Å². The van der Waals surface area contributed by atoms with Crippen molar-refractivity contribution >= 4 is 5.78 Å². The Morgan fingerprint density at radius 2 is 1.89 bits per heavy atom. The molecule has 0 aromatic carbocycles. The van der Waals surface area contributed by atoms with E-state index in [-0.39, 0.29) is 0 Å². The average Bonchev–Trinajstić information content (AvgIpc) is 2.35. The summed E-state index contributed by atoms with van der Waals surface area (Å²) in [6.07, 6.45) is 9.79. The maximum Gasteiger partial charge on any atom is 0.137 e. The third-order valence-electron chi connectivity index (χ3n) is 5.01. The number of rotatable bonds is 3. The molecule has 18 heavy (non-hydrogen) atoms. The molecule has 0 saturated heterocycles. The normalized spacial score (nSPS) is 29.8. The largest absolute Gasteiger partial charge is 0.303 e. The van der Waals surface area contributed by atoms with E-state index in [0.29, 0.717) is 17.1 Å². The van der Waals surface area contributed by atoms with Gasteiger partial charge in [0.1, 0.15) is 5.78 Å². The highest BCUT2D eigenvalue weighted by atomic mass is 16.1. The van der Waals surface area contributed by atoms with Gasteiger partial charge in [0.15, 0.2) is 0 Å². The predicted molar refractivity (Wildman–Crippen MR) is 75.6 cm³/mol. The lowest BCUT2D eigenvalue weighted by Crippen LogP contribution is -2.42. The first-order valence-corrected chi connectivity index (χ1v) is 7.71. The van der Waals surface area contributed by atoms with Crippen LogP contribution in [0, 0.1) is 11.3 Å². The number of carbonyl (C=O) groups excluding carboxylic acids is 1. The van der Waals surface area contributed by atoms with E-state index in [4.69, 9.17) is 0 Å². The number of hydrogen-bond donors (Lipinski definition) is 0. The number of Topliss-reactive ketones (excluding diaryl/α,β-unsaturated/α-hetero) is 1. The van der Waals surface area contributed by atoms with E-state index >= 15 is 0 Å². The van der Waals surface area contributed by atoms with Crippen LogP contribution in [0.2, 0.25) is 0 Å². The van der Waals surface area contributed by atoms with Gasteiger partial charge < -0.3 is 4.90 Å². The van der Waals surface area contributed by atoms with Gasteiger partial charge in [-0.25, -0.2) is 0 Å². The van der Waals surface area contributed by atoms with Crippen LogP contribution in [-0.2, 0) is 4.79 Å². The van der Waals surface area contributed by atoms with Crippen molar-refractivity contribution in [2.75, 3.05) is 13.6 Å². The second kappa shape index (κ2) is 5.73. The third kappa shape index (κ3) is 3.57. The monoisotopic (exact) mass is 251 g/mol. The van der Waals surface area contributed by atoms with Crippen molar-refractivity contribution in [1.82, 2.24) is 4.90 Å². The van der Waals surface area contributed by atoms with Gasteiger partial charge in [0.2, 0.25) is 0 Å². The highest BCUT2D eigenvalue weighted by molar-refractivity contribution is 5.82. The van der Waals surface area contributed by atoms with Crippen LogP contribution >= 0.6 is 0 Å². The van der Waals surface area contributed by atoms with Crippen molar-refractivity contribution in [2.24, 2.45) is 11.3 Å². The summed E-state index contributed by atoms with van der Waals surface area (Å²) in [4.78, 5) is 14.5. The van der Waals surface area contributed by atoms with Crippen molar-refractivity contribution in [3.05, 3.63) is 0 Å². The van der Waals surface area contributed by atoms with Crippen LogP contribution in [0.1, 0.15) is 65.2 Å². The molecule has 2 aliphatic rings. The Labute approximate surface area is 112 Å². The minimum Gasteiger partial charge on any atom is -0.303 e. The quantitative estimate of drug-likeness (QED) is 0.763. The molecule has 0 radical (unpaired) electrons. The molecule has 1 unspecified atom stereocenters. The lowest BCUT2D eigenvalue weighted by molar-refractivity contribution is -0.127. The molecule has 2 nitrogen and oxygen atoms in total. The van der Waals surface area contributed by atoms with Gasteiger partial charge in [0.05, 0.1) is 0 Å². The first-order valence-electron chi connectivity index (χ1n) is 7.71. The van der Waals surface area contributed by atoms with Crippen LogP contribution in [0.4, 0.5) is 0 Å².